The summed E-state index contributed by atoms with van der Waals surface area (Å²) in [5, 5.41) is 14.3. The fourth-order valence-electron chi connectivity index (χ4n) is 4.49. The van der Waals surface area contributed by atoms with E-state index in [1.807, 2.05) is 0 Å². The van der Waals surface area contributed by atoms with E-state index in [1.165, 1.54) is 31.7 Å². The molecule has 0 aromatic heterocycles. The van der Waals surface area contributed by atoms with Crippen LogP contribution in [-0.4, -0.2) is 31.0 Å². The minimum Gasteiger partial charge on any atom is -0.372 e. The fraction of sp³-hybridized carbons (Fsp3) is 0.611. The lowest BCUT2D eigenvalue weighted by atomic mass is 9.84. The van der Waals surface area contributed by atoms with E-state index < -0.39 is 4.92 Å². The molecule has 24 heavy (non-hydrogen) atoms. The van der Waals surface area contributed by atoms with Crippen LogP contribution < -0.4 is 10.2 Å². The topological polar surface area (TPSA) is 75.5 Å². The van der Waals surface area contributed by atoms with Gasteiger partial charge in [0.1, 0.15) is 5.69 Å². The number of fused-ring (bicyclic) bond motifs is 2. The summed E-state index contributed by atoms with van der Waals surface area (Å²) in [6, 6.07) is 4.78. The molecule has 3 rings (SSSR count). The molecule has 2 fully saturated rings. The van der Waals surface area contributed by atoms with Crippen molar-refractivity contribution >= 4 is 17.3 Å². The highest BCUT2D eigenvalue weighted by atomic mass is 16.6. The molecule has 0 aliphatic heterocycles. The average molecular weight is 331 g/mol. The molecule has 0 spiro atoms. The molecule has 0 heterocycles. The molecule has 2 aliphatic rings. The van der Waals surface area contributed by atoms with Gasteiger partial charge < -0.3 is 10.2 Å². The van der Waals surface area contributed by atoms with Crippen molar-refractivity contribution in [3.8, 4) is 0 Å². The van der Waals surface area contributed by atoms with E-state index in [2.05, 4.69) is 12.2 Å². The normalized spacial score (nSPS) is 26.2. The van der Waals surface area contributed by atoms with Crippen molar-refractivity contribution in [2.45, 2.75) is 38.6 Å². The van der Waals surface area contributed by atoms with Gasteiger partial charge in [0.25, 0.3) is 11.6 Å². The van der Waals surface area contributed by atoms with E-state index in [0.717, 1.165) is 11.8 Å². The Morgan fingerprint density at radius 2 is 2.08 bits per heavy atom. The van der Waals surface area contributed by atoms with E-state index >= 15 is 0 Å². The van der Waals surface area contributed by atoms with Gasteiger partial charge in [0, 0.05) is 31.8 Å². The van der Waals surface area contributed by atoms with Crippen LogP contribution in [0.25, 0.3) is 0 Å². The molecule has 0 unspecified atom stereocenters. The van der Waals surface area contributed by atoms with Crippen molar-refractivity contribution in [1.82, 2.24) is 5.32 Å². The second-order valence-electron chi connectivity index (χ2n) is 7.46. The molecule has 6 nitrogen and oxygen atoms in total. The zero-order chi connectivity index (χ0) is 17.4. The Kier molecular flexibility index (Phi) is 4.47. The first-order chi connectivity index (χ1) is 11.4. The molecule has 2 bridgehead atoms. The maximum atomic E-state index is 12.5. The summed E-state index contributed by atoms with van der Waals surface area (Å²) in [4.78, 5) is 25.0. The minimum atomic E-state index is -0.439. The third kappa shape index (κ3) is 3.09. The Bertz CT molecular complexity index is 659. The molecule has 6 heteroatoms. The third-order valence-corrected chi connectivity index (χ3v) is 5.71. The number of anilines is 1. The standard InChI is InChI=1S/C18H25N3O3/c1-11(15-9-12-4-5-13(15)8-12)19-18(22)14-6-7-16(20(2)3)17(10-14)21(23)24/h6-7,10-13,15H,4-5,8-9H2,1-3H3,(H,19,22)/t11-,12+,13+,15+/m1/s1. The Morgan fingerprint density at radius 1 is 1.33 bits per heavy atom. The first kappa shape index (κ1) is 16.7. The summed E-state index contributed by atoms with van der Waals surface area (Å²) in [5.41, 5.74) is 0.806. The van der Waals surface area contributed by atoms with Gasteiger partial charge in [-0.05, 0) is 56.1 Å². The van der Waals surface area contributed by atoms with Gasteiger partial charge in [-0.1, -0.05) is 6.42 Å². The van der Waals surface area contributed by atoms with Crippen LogP contribution in [0, 0.1) is 27.9 Å². The molecule has 2 saturated carbocycles. The van der Waals surface area contributed by atoms with E-state index in [9.17, 15) is 14.9 Å². The van der Waals surface area contributed by atoms with Gasteiger partial charge in [-0.25, -0.2) is 0 Å². The molecule has 1 aromatic rings. The number of carbonyl (C=O) groups excluding carboxylic acids is 1. The van der Waals surface area contributed by atoms with E-state index in [4.69, 9.17) is 0 Å². The first-order valence-corrected chi connectivity index (χ1v) is 8.63. The Hall–Kier alpha value is -2.11. The van der Waals surface area contributed by atoms with Crippen LogP contribution in [0.5, 0.6) is 0 Å². The molecule has 4 atom stereocenters. The summed E-state index contributed by atoms with van der Waals surface area (Å²) in [6.07, 6.45) is 5.11. The smallest absolute Gasteiger partial charge is 0.293 e. The van der Waals surface area contributed by atoms with Crippen molar-refractivity contribution in [1.29, 1.82) is 0 Å². The number of hydrogen-bond acceptors (Lipinski definition) is 4. The zero-order valence-electron chi connectivity index (χ0n) is 14.5. The van der Waals surface area contributed by atoms with Crippen LogP contribution in [0.2, 0.25) is 0 Å². The molecule has 1 aromatic carbocycles. The van der Waals surface area contributed by atoms with Crippen molar-refractivity contribution in [2.24, 2.45) is 17.8 Å². The Labute approximate surface area is 142 Å². The van der Waals surface area contributed by atoms with Gasteiger partial charge in [-0.15, -0.1) is 0 Å². The van der Waals surface area contributed by atoms with Crippen LogP contribution in [0.1, 0.15) is 43.0 Å². The van der Waals surface area contributed by atoms with E-state index in [-0.39, 0.29) is 17.6 Å². The predicted octanol–water partition coefficient (Wildman–Crippen LogP) is 3.22. The molecular formula is C18H25N3O3. The van der Waals surface area contributed by atoms with Gasteiger partial charge in [-0.2, -0.15) is 0 Å². The largest absolute Gasteiger partial charge is 0.372 e. The van der Waals surface area contributed by atoms with Gasteiger partial charge in [-0.3, -0.25) is 14.9 Å². The monoisotopic (exact) mass is 331 g/mol. The number of rotatable bonds is 5. The van der Waals surface area contributed by atoms with Crippen LogP contribution in [0.3, 0.4) is 0 Å². The second-order valence-corrected chi connectivity index (χ2v) is 7.46. The number of amides is 1. The number of nitro groups is 1. The highest BCUT2D eigenvalue weighted by molar-refractivity contribution is 5.96. The number of nitrogens with one attached hydrogen (secondary N) is 1. The van der Waals surface area contributed by atoms with Gasteiger partial charge in [0.2, 0.25) is 0 Å². The van der Waals surface area contributed by atoms with E-state index in [1.54, 1.807) is 31.1 Å². The number of nitro benzene ring substituents is 1. The maximum absolute atomic E-state index is 12.5. The molecule has 0 radical (unpaired) electrons. The van der Waals surface area contributed by atoms with Crippen molar-refractivity contribution in [2.75, 3.05) is 19.0 Å². The number of benzene rings is 1. The van der Waals surface area contributed by atoms with Crippen LogP contribution >= 0.6 is 0 Å². The second kappa shape index (κ2) is 6.42. The van der Waals surface area contributed by atoms with Gasteiger partial charge >= 0.3 is 0 Å². The zero-order valence-corrected chi connectivity index (χ0v) is 14.5. The summed E-state index contributed by atoms with van der Waals surface area (Å²) in [5.74, 6) is 1.89. The van der Waals surface area contributed by atoms with Crippen molar-refractivity contribution < 1.29 is 9.72 Å². The van der Waals surface area contributed by atoms with Gasteiger partial charge in [0.15, 0.2) is 0 Å². The lowest BCUT2D eigenvalue weighted by molar-refractivity contribution is -0.384. The minimum absolute atomic E-state index is 0.0415. The highest BCUT2D eigenvalue weighted by Crippen LogP contribution is 2.49. The maximum Gasteiger partial charge on any atom is 0.293 e. The summed E-state index contributed by atoms with van der Waals surface area (Å²) in [7, 11) is 3.50. The van der Waals surface area contributed by atoms with Gasteiger partial charge in [0.05, 0.1) is 4.92 Å². The molecule has 1 N–H and O–H groups in total. The predicted molar refractivity (Wildman–Crippen MR) is 93.3 cm³/mol. The lowest BCUT2D eigenvalue weighted by Crippen LogP contribution is -2.40. The Morgan fingerprint density at radius 3 is 2.62 bits per heavy atom. The number of nitrogens with zero attached hydrogens (tertiary/aromatic N) is 2. The number of hydrogen-bond donors (Lipinski definition) is 1. The average Bonchev–Trinajstić information content (AvgIpc) is 3.17. The summed E-state index contributed by atoms with van der Waals surface area (Å²) < 4.78 is 0. The molecule has 130 valence electrons. The fourth-order valence-corrected chi connectivity index (χ4v) is 4.49. The quantitative estimate of drug-likeness (QED) is 0.664. The molecular weight excluding hydrogens is 306 g/mol. The molecule has 2 aliphatic carbocycles. The summed E-state index contributed by atoms with van der Waals surface area (Å²) in [6.45, 7) is 2.06. The van der Waals surface area contributed by atoms with Crippen molar-refractivity contribution in [3.63, 3.8) is 0 Å². The Balaban J connectivity index is 1.73. The third-order valence-electron chi connectivity index (χ3n) is 5.71. The lowest BCUT2D eigenvalue weighted by Gasteiger charge is -2.28. The first-order valence-electron chi connectivity index (χ1n) is 8.63. The number of carbonyl (C=O) groups is 1. The van der Waals surface area contributed by atoms with Crippen LogP contribution in [-0.2, 0) is 0 Å². The van der Waals surface area contributed by atoms with Crippen LogP contribution in [0.4, 0.5) is 11.4 Å². The molecule has 0 saturated heterocycles. The van der Waals surface area contributed by atoms with Crippen molar-refractivity contribution in [3.05, 3.63) is 33.9 Å². The highest BCUT2D eigenvalue weighted by Gasteiger charge is 2.42. The SMILES string of the molecule is C[C@@H](NC(=O)c1ccc(N(C)C)c([N+](=O)[O-])c1)[C@@H]1C[C@H]2CC[C@H]1C2. The van der Waals surface area contributed by atoms with Crippen LogP contribution in [0.15, 0.2) is 18.2 Å². The summed E-state index contributed by atoms with van der Waals surface area (Å²) >= 11 is 0. The molecule has 1 amide bonds. The van der Waals surface area contributed by atoms with E-state index in [0.29, 0.717) is 17.2 Å².